The number of aromatic nitrogens is 4. The summed E-state index contributed by atoms with van der Waals surface area (Å²) in [5.74, 6) is 0.711. The Bertz CT molecular complexity index is 3690. The molecule has 1 aliphatic rings. The molecule has 4 heterocycles. The summed E-state index contributed by atoms with van der Waals surface area (Å²) in [5.41, 5.74) is 12.1. The predicted octanol–water partition coefficient (Wildman–Crippen LogP) is 11.4. The third-order valence-electron chi connectivity index (χ3n) is 13.2. The topological polar surface area (TPSA) is 35.6 Å². The second-order valence-electron chi connectivity index (χ2n) is 16.4. The van der Waals surface area contributed by atoms with Crippen LogP contribution in [0.25, 0.3) is 88.9 Å². The van der Waals surface area contributed by atoms with E-state index < -0.39 is 13.3 Å². The van der Waals surface area contributed by atoms with Crippen LogP contribution in [0.4, 0.5) is 0 Å². The van der Waals surface area contributed by atoms with Crippen molar-refractivity contribution in [1.82, 2.24) is 19.1 Å². The molecule has 0 spiro atoms. The number of hydrogen-bond donors (Lipinski definition) is 0. The Morgan fingerprint density at radius 1 is 0.365 bits per heavy atom. The van der Waals surface area contributed by atoms with Crippen LogP contribution in [0.5, 0.6) is 0 Å². The van der Waals surface area contributed by atoms with Crippen LogP contribution in [0.15, 0.2) is 231 Å². The van der Waals surface area contributed by atoms with Crippen molar-refractivity contribution in [3.8, 4) is 45.3 Å². The van der Waals surface area contributed by atoms with Gasteiger partial charge < -0.3 is 0 Å². The molecule has 0 saturated carbocycles. The van der Waals surface area contributed by atoms with E-state index in [-0.39, 0.29) is 0 Å². The van der Waals surface area contributed by atoms with Gasteiger partial charge in [-0.25, -0.2) is 0 Å². The average Bonchev–Trinajstić information content (AvgIpc) is 3.99. The second-order valence-corrected chi connectivity index (χ2v) is 24.2. The van der Waals surface area contributed by atoms with E-state index in [0.717, 1.165) is 44.9 Å². The molecule has 0 unspecified atom stereocenters. The van der Waals surface area contributed by atoms with Gasteiger partial charge in [0.1, 0.15) is 0 Å². The monoisotopic (exact) mass is 864 g/mol. The first kappa shape index (κ1) is 35.9. The SMILES string of the molecule is c1ccc(-c2nc(-c3ccccc3-n3c4ccccc4c4c3ccc3c5ccccc5n(-c5ccccc5)c34)nc3[c]2[Ge]([c]2ccccc2)([c]2ccccc2)[c]2ccccc2-3)cc1. The zero-order valence-corrected chi connectivity index (χ0v) is 36.3. The number of nitrogens with zero attached hydrogens (tertiary/aromatic N) is 4. The first-order valence-corrected chi connectivity index (χ1v) is 25.8. The quantitative estimate of drug-likeness (QED) is 0.156. The van der Waals surface area contributed by atoms with E-state index in [1.807, 2.05) is 0 Å². The van der Waals surface area contributed by atoms with Gasteiger partial charge in [0.15, 0.2) is 0 Å². The standard InChI is InChI=1S/C58H38GeN4/c1-5-21-39(22-6-1)55-54-56(45-30-13-17-33-48(45)59(54,40-23-7-2-8-24-40)41-25-9-3-10-26-41)61-58(60-55)47-32-16-20-36-51(47)63-50-35-19-15-31-46(50)53-52(63)38-37-44-43-29-14-18-34-49(43)62(57(44)53)42-27-11-4-12-28-42/h1-38H. The van der Waals surface area contributed by atoms with E-state index in [0.29, 0.717) is 5.82 Å². The molecular formula is C58H38GeN4. The summed E-state index contributed by atoms with van der Waals surface area (Å²) >= 11 is -3.71. The maximum atomic E-state index is 5.80. The van der Waals surface area contributed by atoms with E-state index in [9.17, 15) is 0 Å². The van der Waals surface area contributed by atoms with Gasteiger partial charge >= 0.3 is 315 Å². The zero-order valence-electron chi connectivity index (χ0n) is 34.2. The van der Waals surface area contributed by atoms with Crippen molar-refractivity contribution < 1.29 is 0 Å². The molecule has 12 aromatic rings. The van der Waals surface area contributed by atoms with E-state index in [1.54, 1.807) is 0 Å². The van der Waals surface area contributed by atoms with E-state index in [4.69, 9.17) is 9.97 Å². The third-order valence-corrected chi connectivity index (χ3v) is 23.4. The van der Waals surface area contributed by atoms with Crippen LogP contribution in [0.2, 0.25) is 0 Å². The van der Waals surface area contributed by atoms with Gasteiger partial charge in [0.25, 0.3) is 0 Å². The Hall–Kier alpha value is -7.80. The molecule has 0 fully saturated rings. The van der Waals surface area contributed by atoms with Crippen LogP contribution in [-0.4, -0.2) is 32.4 Å². The van der Waals surface area contributed by atoms with Crippen LogP contribution < -0.4 is 17.6 Å². The first-order chi connectivity index (χ1) is 31.3. The van der Waals surface area contributed by atoms with Gasteiger partial charge in [-0.1, -0.05) is 36.4 Å². The summed E-state index contributed by atoms with van der Waals surface area (Å²) in [6, 6.07) is 83.9. The molecular weight excluding hydrogens is 825 g/mol. The van der Waals surface area contributed by atoms with E-state index in [1.165, 1.54) is 55.7 Å². The van der Waals surface area contributed by atoms with Crippen molar-refractivity contribution in [2.45, 2.75) is 0 Å². The first-order valence-electron chi connectivity index (χ1n) is 21.6. The molecule has 0 N–H and O–H groups in total. The molecule has 0 amide bonds. The molecule has 9 aromatic carbocycles. The van der Waals surface area contributed by atoms with Gasteiger partial charge in [-0.05, 0) is 18.2 Å². The van der Waals surface area contributed by atoms with Crippen LogP contribution >= 0.6 is 0 Å². The van der Waals surface area contributed by atoms with Gasteiger partial charge in [-0.2, -0.15) is 0 Å². The molecule has 0 atom stereocenters. The van der Waals surface area contributed by atoms with Crippen molar-refractivity contribution in [3.63, 3.8) is 0 Å². The minimum absolute atomic E-state index is 0.711. The third kappa shape index (κ3) is 5.16. The van der Waals surface area contributed by atoms with Gasteiger partial charge in [-0.3, -0.25) is 0 Å². The van der Waals surface area contributed by atoms with Crippen molar-refractivity contribution >= 4 is 74.5 Å². The summed E-state index contributed by atoms with van der Waals surface area (Å²) in [4.78, 5) is 11.6. The van der Waals surface area contributed by atoms with Gasteiger partial charge in [0, 0.05) is 0 Å². The molecule has 3 aromatic heterocycles. The van der Waals surface area contributed by atoms with Crippen LogP contribution in [0.1, 0.15) is 0 Å². The Labute approximate surface area is 367 Å². The summed E-state index contributed by atoms with van der Waals surface area (Å²) < 4.78 is 10.3. The van der Waals surface area contributed by atoms with Gasteiger partial charge in [0.05, 0.1) is 0 Å². The van der Waals surface area contributed by atoms with Crippen molar-refractivity contribution in [2.75, 3.05) is 0 Å². The number of benzene rings is 9. The summed E-state index contributed by atoms with van der Waals surface area (Å²) in [5, 5.41) is 4.89. The Kier molecular flexibility index (Phi) is 8.05. The summed E-state index contributed by atoms with van der Waals surface area (Å²) in [7, 11) is 0. The summed E-state index contributed by atoms with van der Waals surface area (Å²) in [6.45, 7) is 0. The fourth-order valence-electron chi connectivity index (χ4n) is 10.7. The normalized spacial score (nSPS) is 12.9. The number of fused-ring (bicyclic) bond motifs is 10. The Balaban J connectivity index is 1.13. The van der Waals surface area contributed by atoms with Crippen molar-refractivity contribution in [1.29, 1.82) is 0 Å². The van der Waals surface area contributed by atoms with Crippen LogP contribution in [0.3, 0.4) is 0 Å². The van der Waals surface area contributed by atoms with E-state index in [2.05, 4.69) is 240 Å². The van der Waals surface area contributed by atoms with Crippen molar-refractivity contribution in [2.24, 2.45) is 0 Å². The molecule has 5 heteroatoms. The molecule has 63 heavy (non-hydrogen) atoms. The molecule has 0 radical (unpaired) electrons. The minimum atomic E-state index is -3.71. The number of para-hydroxylation sites is 4. The molecule has 0 aliphatic carbocycles. The zero-order chi connectivity index (χ0) is 41.5. The summed E-state index contributed by atoms with van der Waals surface area (Å²) in [6.07, 6.45) is 0. The average molecular weight is 864 g/mol. The predicted molar refractivity (Wildman–Crippen MR) is 264 cm³/mol. The van der Waals surface area contributed by atoms with Gasteiger partial charge in [0.2, 0.25) is 0 Å². The van der Waals surface area contributed by atoms with Crippen molar-refractivity contribution in [3.05, 3.63) is 231 Å². The Morgan fingerprint density at radius 2 is 0.905 bits per heavy atom. The maximum absolute atomic E-state index is 5.80. The molecule has 1 aliphatic heterocycles. The van der Waals surface area contributed by atoms with Gasteiger partial charge in [-0.15, -0.1) is 0 Å². The fourth-order valence-corrected chi connectivity index (χ4v) is 21.7. The number of hydrogen-bond acceptors (Lipinski definition) is 2. The molecule has 4 nitrogen and oxygen atoms in total. The van der Waals surface area contributed by atoms with Crippen LogP contribution in [0, 0.1) is 0 Å². The Morgan fingerprint density at radius 3 is 1.62 bits per heavy atom. The molecule has 0 bridgehead atoms. The number of rotatable bonds is 6. The second kappa shape index (κ2) is 14.1. The molecule has 0 saturated heterocycles. The fraction of sp³-hybridized carbons (Fsp3) is 0. The molecule has 13 rings (SSSR count). The van der Waals surface area contributed by atoms with Crippen LogP contribution in [-0.2, 0) is 0 Å². The molecule has 294 valence electrons. The van der Waals surface area contributed by atoms with E-state index >= 15 is 0 Å².